The van der Waals surface area contributed by atoms with Crippen molar-refractivity contribution in [3.8, 4) is 0 Å². The Balaban J connectivity index is 1.89. The summed E-state index contributed by atoms with van der Waals surface area (Å²) in [5, 5.41) is 0. The molecular formula is C23H29NO3. The summed E-state index contributed by atoms with van der Waals surface area (Å²) in [6.07, 6.45) is 7.35. The van der Waals surface area contributed by atoms with Gasteiger partial charge in [-0.05, 0) is 55.5 Å². The van der Waals surface area contributed by atoms with Crippen LogP contribution < -0.4 is 4.90 Å². The van der Waals surface area contributed by atoms with Gasteiger partial charge in [0.15, 0.2) is 0 Å². The average molecular weight is 367 g/mol. The zero-order chi connectivity index (χ0) is 19.4. The number of benzene rings is 1. The molecule has 0 saturated carbocycles. The van der Waals surface area contributed by atoms with E-state index in [-0.39, 0.29) is 5.97 Å². The van der Waals surface area contributed by atoms with Gasteiger partial charge in [0.05, 0.1) is 6.61 Å². The number of esters is 1. The molecule has 1 aromatic heterocycles. The molecule has 1 unspecified atom stereocenters. The lowest BCUT2D eigenvalue weighted by molar-refractivity contribution is -0.137. The first-order valence-corrected chi connectivity index (χ1v) is 9.81. The predicted octanol–water partition coefficient (Wildman–Crippen LogP) is 4.95. The highest BCUT2D eigenvalue weighted by molar-refractivity contribution is 5.86. The SMILES string of the molecule is CCOC(=O)/C=C/c1cc2c(o1)CCCC2c1ccc(N(C)C)c(CC)c1. The van der Waals surface area contributed by atoms with E-state index in [1.54, 1.807) is 13.0 Å². The van der Waals surface area contributed by atoms with Gasteiger partial charge in [-0.1, -0.05) is 19.1 Å². The van der Waals surface area contributed by atoms with E-state index < -0.39 is 0 Å². The van der Waals surface area contributed by atoms with E-state index >= 15 is 0 Å². The van der Waals surface area contributed by atoms with E-state index in [4.69, 9.17) is 9.15 Å². The van der Waals surface area contributed by atoms with Crippen LogP contribution >= 0.6 is 0 Å². The Hall–Kier alpha value is -2.49. The number of hydrogen-bond acceptors (Lipinski definition) is 4. The van der Waals surface area contributed by atoms with Crippen LogP contribution in [0.1, 0.15) is 60.8 Å². The normalized spacial score (nSPS) is 16.4. The molecular weight excluding hydrogens is 338 g/mol. The van der Waals surface area contributed by atoms with Crippen LogP contribution in [0.25, 0.3) is 6.08 Å². The van der Waals surface area contributed by atoms with Crippen molar-refractivity contribution in [3.05, 3.63) is 58.6 Å². The summed E-state index contributed by atoms with van der Waals surface area (Å²) in [6.45, 7) is 4.38. The van der Waals surface area contributed by atoms with E-state index in [2.05, 4.69) is 50.2 Å². The second-order valence-electron chi connectivity index (χ2n) is 7.19. The van der Waals surface area contributed by atoms with Gasteiger partial charge >= 0.3 is 5.97 Å². The van der Waals surface area contributed by atoms with Crippen LogP contribution in [0.15, 0.2) is 34.8 Å². The van der Waals surface area contributed by atoms with Crippen LogP contribution in [-0.2, 0) is 22.4 Å². The molecule has 4 heteroatoms. The third kappa shape index (κ3) is 4.26. The summed E-state index contributed by atoms with van der Waals surface area (Å²) in [7, 11) is 4.18. The number of carbonyl (C=O) groups excluding carboxylic acids is 1. The first-order chi connectivity index (χ1) is 13.0. The maximum Gasteiger partial charge on any atom is 0.330 e. The van der Waals surface area contributed by atoms with Crippen molar-refractivity contribution in [2.45, 2.75) is 45.4 Å². The Morgan fingerprint density at radius 1 is 1.30 bits per heavy atom. The fourth-order valence-electron chi connectivity index (χ4n) is 3.89. The standard InChI is InChI=1S/C23H29NO3/c1-5-16-14-17(10-12-21(16)24(3)4)19-8-7-9-22-20(19)15-18(27-22)11-13-23(25)26-6-2/h10-15,19H,5-9H2,1-4H3/b13-11+. The molecule has 1 atom stereocenters. The molecule has 0 amide bonds. The molecule has 0 bridgehead atoms. The van der Waals surface area contributed by atoms with Gasteiger partial charge in [0.2, 0.25) is 0 Å². The number of aryl methyl sites for hydroxylation is 2. The Kier molecular flexibility index (Phi) is 6.04. The largest absolute Gasteiger partial charge is 0.463 e. The maximum atomic E-state index is 11.5. The molecule has 0 fully saturated rings. The Bertz CT molecular complexity index is 832. The maximum absolute atomic E-state index is 11.5. The molecule has 1 aliphatic carbocycles. The van der Waals surface area contributed by atoms with Crippen LogP contribution in [-0.4, -0.2) is 26.7 Å². The number of rotatable bonds is 6. The smallest absolute Gasteiger partial charge is 0.330 e. The number of nitrogens with zero attached hydrogens (tertiary/aromatic N) is 1. The Labute approximate surface area is 161 Å². The van der Waals surface area contributed by atoms with E-state index in [1.807, 2.05) is 0 Å². The molecule has 0 saturated heterocycles. The minimum absolute atomic E-state index is 0.338. The van der Waals surface area contributed by atoms with Crippen LogP contribution in [0.5, 0.6) is 0 Å². The number of furan rings is 1. The van der Waals surface area contributed by atoms with Gasteiger partial charge in [0, 0.05) is 43.8 Å². The molecule has 1 aliphatic rings. The molecule has 1 heterocycles. The molecule has 4 nitrogen and oxygen atoms in total. The fraction of sp³-hybridized carbons (Fsp3) is 0.435. The number of hydrogen-bond donors (Lipinski definition) is 0. The van der Waals surface area contributed by atoms with Crippen molar-refractivity contribution < 1.29 is 13.9 Å². The summed E-state index contributed by atoms with van der Waals surface area (Å²) < 4.78 is 10.9. The molecule has 1 aromatic carbocycles. The van der Waals surface area contributed by atoms with Gasteiger partial charge < -0.3 is 14.1 Å². The van der Waals surface area contributed by atoms with Gasteiger partial charge in [-0.15, -0.1) is 0 Å². The van der Waals surface area contributed by atoms with Crippen molar-refractivity contribution >= 4 is 17.7 Å². The third-order valence-corrected chi connectivity index (χ3v) is 5.17. The summed E-state index contributed by atoms with van der Waals surface area (Å²) in [4.78, 5) is 13.7. The highest BCUT2D eigenvalue weighted by atomic mass is 16.5. The lowest BCUT2D eigenvalue weighted by atomic mass is 9.81. The summed E-state index contributed by atoms with van der Waals surface area (Å²) in [5.74, 6) is 1.78. The van der Waals surface area contributed by atoms with Crippen molar-refractivity contribution in [1.82, 2.24) is 0 Å². The van der Waals surface area contributed by atoms with Crippen LogP contribution in [0.3, 0.4) is 0 Å². The van der Waals surface area contributed by atoms with Crippen molar-refractivity contribution in [1.29, 1.82) is 0 Å². The van der Waals surface area contributed by atoms with Crippen LogP contribution in [0.2, 0.25) is 0 Å². The van der Waals surface area contributed by atoms with Crippen LogP contribution in [0.4, 0.5) is 5.69 Å². The zero-order valence-electron chi connectivity index (χ0n) is 16.7. The third-order valence-electron chi connectivity index (χ3n) is 5.17. The molecule has 0 radical (unpaired) electrons. The summed E-state index contributed by atoms with van der Waals surface area (Å²) in [6, 6.07) is 8.90. The number of carbonyl (C=O) groups is 1. The highest BCUT2D eigenvalue weighted by Crippen LogP contribution is 2.40. The first kappa shape index (κ1) is 19.3. The molecule has 2 aromatic rings. The number of ether oxygens (including phenoxy) is 1. The fourth-order valence-corrected chi connectivity index (χ4v) is 3.89. The van der Waals surface area contributed by atoms with Gasteiger partial charge in [-0.3, -0.25) is 0 Å². The monoisotopic (exact) mass is 367 g/mol. The zero-order valence-corrected chi connectivity index (χ0v) is 16.7. The van der Waals surface area contributed by atoms with E-state index in [1.165, 1.54) is 28.5 Å². The minimum Gasteiger partial charge on any atom is -0.463 e. The van der Waals surface area contributed by atoms with E-state index in [9.17, 15) is 4.79 Å². The molecule has 0 spiro atoms. The molecule has 0 N–H and O–H groups in total. The summed E-state index contributed by atoms with van der Waals surface area (Å²) >= 11 is 0. The van der Waals surface area contributed by atoms with Gasteiger partial charge in [-0.25, -0.2) is 4.79 Å². The first-order valence-electron chi connectivity index (χ1n) is 9.81. The molecule has 0 aliphatic heterocycles. The second-order valence-corrected chi connectivity index (χ2v) is 7.19. The van der Waals surface area contributed by atoms with E-state index in [0.29, 0.717) is 12.5 Å². The van der Waals surface area contributed by atoms with Gasteiger partial charge in [-0.2, -0.15) is 0 Å². The quantitative estimate of drug-likeness (QED) is 0.535. The van der Waals surface area contributed by atoms with Gasteiger partial charge in [0.1, 0.15) is 11.5 Å². The molecule has 3 rings (SSSR count). The Morgan fingerprint density at radius 2 is 2.11 bits per heavy atom. The average Bonchev–Trinajstić information content (AvgIpc) is 3.09. The predicted molar refractivity (Wildman–Crippen MR) is 109 cm³/mol. The lowest BCUT2D eigenvalue weighted by Crippen LogP contribution is -2.13. The van der Waals surface area contributed by atoms with Crippen LogP contribution in [0, 0.1) is 0 Å². The van der Waals surface area contributed by atoms with Crippen molar-refractivity contribution in [3.63, 3.8) is 0 Å². The Morgan fingerprint density at radius 3 is 2.81 bits per heavy atom. The molecule has 144 valence electrons. The van der Waals surface area contributed by atoms with E-state index in [0.717, 1.165) is 37.2 Å². The minimum atomic E-state index is -0.338. The number of fused-ring (bicyclic) bond motifs is 1. The molecule has 27 heavy (non-hydrogen) atoms. The topological polar surface area (TPSA) is 42.7 Å². The van der Waals surface area contributed by atoms with Crippen molar-refractivity contribution in [2.24, 2.45) is 0 Å². The van der Waals surface area contributed by atoms with Gasteiger partial charge in [0.25, 0.3) is 0 Å². The number of anilines is 1. The lowest BCUT2D eigenvalue weighted by Gasteiger charge is -2.24. The van der Waals surface area contributed by atoms with Crippen molar-refractivity contribution in [2.75, 3.05) is 25.6 Å². The second kappa shape index (κ2) is 8.47. The summed E-state index contributed by atoms with van der Waals surface area (Å²) in [5.41, 5.74) is 5.25. The highest BCUT2D eigenvalue weighted by Gasteiger charge is 2.26.